The number of rotatable bonds is 4. The molecule has 0 aromatic heterocycles. The second-order valence-corrected chi connectivity index (χ2v) is 5.39. The van der Waals surface area contributed by atoms with Crippen LogP contribution in [0.1, 0.15) is 51.5 Å². The van der Waals surface area contributed by atoms with Gasteiger partial charge in [-0.3, -0.25) is 4.79 Å². The normalized spacial score (nSPS) is 12.4. The fraction of sp³-hybridized carbons (Fsp3) is 0.562. The number of nitrogens with one attached hydrogen (secondary N) is 1. The Morgan fingerprint density at radius 1 is 1.00 bits per heavy atom. The van der Waals surface area contributed by atoms with Gasteiger partial charge in [0.15, 0.2) is 0 Å². The Morgan fingerprint density at radius 3 is 1.84 bits per heavy atom. The quantitative estimate of drug-likeness (QED) is 0.877. The Labute approximate surface area is 116 Å². The van der Waals surface area contributed by atoms with Crippen LogP contribution >= 0.6 is 0 Å². The van der Waals surface area contributed by atoms with Crippen molar-refractivity contribution >= 4 is 5.91 Å². The summed E-state index contributed by atoms with van der Waals surface area (Å²) in [5, 5.41) is 12.1. The van der Waals surface area contributed by atoms with Crippen molar-refractivity contribution in [2.24, 2.45) is 0 Å². The van der Waals surface area contributed by atoms with Crippen molar-refractivity contribution in [2.45, 2.75) is 54.1 Å². The third-order valence-electron chi connectivity index (χ3n) is 4.07. The summed E-state index contributed by atoms with van der Waals surface area (Å²) in [6.07, 6.45) is 0.192. The number of benzene rings is 1. The molecule has 1 aromatic carbocycles. The van der Waals surface area contributed by atoms with Gasteiger partial charge >= 0.3 is 0 Å². The van der Waals surface area contributed by atoms with E-state index >= 15 is 0 Å². The number of hydrogen-bond donors (Lipinski definition) is 2. The molecule has 3 nitrogen and oxygen atoms in total. The molecule has 2 N–H and O–H groups in total. The standard InChI is InChI=1S/C16H25NO2/c1-9(18)7-8-17-16(19)15-13(5)11(3)10(2)12(4)14(15)6/h9,18H,7-8H2,1-6H3,(H,17,19). The van der Waals surface area contributed by atoms with Gasteiger partial charge in [0.25, 0.3) is 5.91 Å². The van der Waals surface area contributed by atoms with Crippen LogP contribution in [0.15, 0.2) is 0 Å². The summed E-state index contributed by atoms with van der Waals surface area (Å²) in [5.74, 6) is -0.0400. The van der Waals surface area contributed by atoms with E-state index in [1.807, 2.05) is 13.8 Å². The first-order valence-electron chi connectivity index (χ1n) is 6.80. The van der Waals surface area contributed by atoms with Gasteiger partial charge in [0, 0.05) is 12.1 Å². The summed E-state index contributed by atoms with van der Waals surface area (Å²) >= 11 is 0. The summed E-state index contributed by atoms with van der Waals surface area (Å²) in [6.45, 7) is 12.4. The average molecular weight is 263 g/mol. The van der Waals surface area contributed by atoms with Gasteiger partial charge in [0.2, 0.25) is 0 Å². The molecule has 0 heterocycles. The largest absolute Gasteiger partial charge is 0.393 e. The third-order valence-corrected chi connectivity index (χ3v) is 4.07. The highest BCUT2D eigenvalue weighted by atomic mass is 16.3. The van der Waals surface area contributed by atoms with Crippen LogP contribution < -0.4 is 5.32 Å². The summed E-state index contributed by atoms with van der Waals surface area (Å²) in [7, 11) is 0. The molecule has 0 saturated heterocycles. The second-order valence-electron chi connectivity index (χ2n) is 5.39. The number of aliphatic hydroxyl groups excluding tert-OH is 1. The van der Waals surface area contributed by atoms with Crippen LogP contribution in [0, 0.1) is 34.6 Å². The molecule has 0 fully saturated rings. The lowest BCUT2D eigenvalue weighted by atomic mass is 9.89. The predicted molar refractivity (Wildman–Crippen MR) is 78.8 cm³/mol. The fourth-order valence-corrected chi connectivity index (χ4v) is 2.32. The predicted octanol–water partition coefficient (Wildman–Crippen LogP) is 2.73. The molecule has 0 aliphatic carbocycles. The molecule has 1 amide bonds. The molecule has 1 rings (SSSR count). The molecule has 19 heavy (non-hydrogen) atoms. The van der Waals surface area contributed by atoms with Crippen molar-refractivity contribution in [3.63, 3.8) is 0 Å². The van der Waals surface area contributed by atoms with Crippen molar-refractivity contribution in [2.75, 3.05) is 6.54 Å². The van der Waals surface area contributed by atoms with Crippen molar-refractivity contribution in [3.8, 4) is 0 Å². The molecule has 0 bridgehead atoms. The first-order chi connectivity index (χ1) is 8.77. The SMILES string of the molecule is Cc1c(C)c(C)c(C(=O)NCCC(C)O)c(C)c1C. The highest BCUT2D eigenvalue weighted by Gasteiger charge is 2.17. The van der Waals surface area contributed by atoms with Crippen LogP contribution in [0.5, 0.6) is 0 Å². The smallest absolute Gasteiger partial charge is 0.251 e. The Balaban J connectivity index is 3.04. The monoisotopic (exact) mass is 263 g/mol. The van der Waals surface area contributed by atoms with Crippen LogP contribution in [0.2, 0.25) is 0 Å². The minimum absolute atomic E-state index is 0.0400. The number of hydrogen-bond acceptors (Lipinski definition) is 2. The Morgan fingerprint density at radius 2 is 1.42 bits per heavy atom. The summed E-state index contributed by atoms with van der Waals surface area (Å²) in [4.78, 5) is 12.3. The summed E-state index contributed by atoms with van der Waals surface area (Å²) < 4.78 is 0. The van der Waals surface area contributed by atoms with E-state index in [1.165, 1.54) is 16.7 Å². The van der Waals surface area contributed by atoms with Crippen molar-refractivity contribution < 1.29 is 9.90 Å². The maximum Gasteiger partial charge on any atom is 0.251 e. The highest BCUT2D eigenvalue weighted by Crippen LogP contribution is 2.25. The summed E-state index contributed by atoms with van der Waals surface area (Å²) in [5.41, 5.74) is 6.51. The van der Waals surface area contributed by atoms with E-state index in [4.69, 9.17) is 0 Å². The van der Waals surface area contributed by atoms with Crippen LogP contribution in [-0.2, 0) is 0 Å². The van der Waals surface area contributed by atoms with Crippen LogP contribution in [0.3, 0.4) is 0 Å². The zero-order chi connectivity index (χ0) is 14.7. The van der Waals surface area contributed by atoms with E-state index in [9.17, 15) is 9.90 Å². The van der Waals surface area contributed by atoms with Crippen molar-refractivity contribution in [3.05, 3.63) is 33.4 Å². The molecule has 0 aliphatic rings. The van der Waals surface area contributed by atoms with Crippen LogP contribution in [-0.4, -0.2) is 23.7 Å². The van der Waals surface area contributed by atoms with Gasteiger partial charge in [-0.2, -0.15) is 0 Å². The minimum atomic E-state index is -0.385. The lowest BCUT2D eigenvalue weighted by molar-refractivity contribution is 0.0944. The Bertz CT molecular complexity index is 461. The first kappa shape index (κ1) is 15.7. The van der Waals surface area contributed by atoms with Gasteiger partial charge in [0.05, 0.1) is 6.10 Å². The van der Waals surface area contributed by atoms with Gasteiger partial charge < -0.3 is 10.4 Å². The van der Waals surface area contributed by atoms with Gasteiger partial charge in [0.1, 0.15) is 0 Å². The maximum absolute atomic E-state index is 12.3. The Kier molecular flexibility index (Phi) is 5.12. The zero-order valence-electron chi connectivity index (χ0n) is 12.8. The average Bonchev–Trinajstić information content (AvgIpc) is 2.34. The number of amides is 1. The maximum atomic E-state index is 12.3. The lowest BCUT2D eigenvalue weighted by Gasteiger charge is -2.18. The lowest BCUT2D eigenvalue weighted by Crippen LogP contribution is -2.28. The molecule has 0 spiro atoms. The number of carbonyl (C=O) groups excluding carboxylic acids is 1. The molecule has 0 aliphatic heterocycles. The van der Waals surface area contributed by atoms with Crippen LogP contribution in [0.4, 0.5) is 0 Å². The van der Waals surface area contributed by atoms with Crippen LogP contribution in [0.25, 0.3) is 0 Å². The second kappa shape index (κ2) is 6.20. The van der Waals surface area contributed by atoms with E-state index in [0.717, 1.165) is 16.7 Å². The van der Waals surface area contributed by atoms with E-state index in [-0.39, 0.29) is 12.0 Å². The molecule has 0 saturated carbocycles. The van der Waals surface area contributed by atoms with Gasteiger partial charge in [-0.1, -0.05) is 0 Å². The molecule has 0 radical (unpaired) electrons. The molecule has 1 atom stereocenters. The molecule has 1 unspecified atom stereocenters. The van der Waals surface area contributed by atoms with Gasteiger partial charge in [-0.05, 0) is 75.8 Å². The molecule has 106 valence electrons. The number of aliphatic hydroxyl groups is 1. The highest BCUT2D eigenvalue weighted by molar-refractivity contribution is 5.98. The Hall–Kier alpha value is -1.35. The molecular weight excluding hydrogens is 238 g/mol. The van der Waals surface area contributed by atoms with Crippen molar-refractivity contribution in [1.82, 2.24) is 5.32 Å². The van der Waals surface area contributed by atoms with E-state index < -0.39 is 0 Å². The van der Waals surface area contributed by atoms with Gasteiger partial charge in [-0.15, -0.1) is 0 Å². The topological polar surface area (TPSA) is 49.3 Å². The fourth-order valence-electron chi connectivity index (χ4n) is 2.32. The molecule has 1 aromatic rings. The first-order valence-corrected chi connectivity index (χ1v) is 6.80. The molecular formula is C16H25NO2. The third kappa shape index (κ3) is 3.35. The minimum Gasteiger partial charge on any atom is -0.393 e. The molecule has 3 heteroatoms. The van der Waals surface area contributed by atoms with E-state index in [0.29, 0.717) is 13.0 Å². The van der Waals surface area contributed by atoms with E-state index in [2.05, 4.69) is 26.1 Å². The van der Waals surface area contributed by atoms with Crippen molar-refractivity contribution in [1.29, 1.82) is 0 Å². The van der Waals surface area contributed by atoms with E-state index in [1.54, 1.807) is 6.92 Å². The number of carbonyl (C=O) groups is 1. The zero-order valence-corrected chi connectivity index (χ0v) is 12.8. The van der Waals surface area contributed by atoms with Gasteiger partial charge in [-0.25, -0.2) is 0 Å². The summed E-state index contributed by atoms with van der Waals surface area (Å²) in [6, 6.07) is 0.